The van der Waals surface area contributed by atoms with E-state index >= 15 is 0 Å². The van der Waals surface area contributed by atoms with Gasteiger partial charge in [-0.3, -0.25) is 4.68 Å². The maximum absolute atomic E-state index is 6.14. The molecular weight excluding hydrogens is 346 g/mol. The normalized spacial score (nSPS) is 18.6. The summed E-state index contributed by atoms with van der Waals surface area (Å²) in [6.07, 6.45) is 2.05. The Hall–Kier alpha value is -1.82. The van der Waals surface area contributed by atoms with Gasteiger partial charge in [-0.1, -0.05) is 35.9 Å². The molecule has 2 aromatic carbocycles. The predicted octanol–water partition coefficient (Wildman–Crippen LogP) is 4.04. The van der Waals surface area contributed by atoms with Gasteiger partial charge >= 0.3 is 7.12 Å². The van der Waals surface area contributed by atoms with Crippen LogP contribution in [0.1, 0.15) is 33.3 Å². The van der Waals surface area contributed by atoms with E-state index in [1.54, 1.807) is 0 Å². The van der Waals surface area contributed by atoms with Crippen LogP contribution in [0.15, 0.2) is 48.7 Å². The molecule has 134 valence electrons. The van der Waals surface area contributed by atoms with Crippen LogP contribution in [0.2, 0.25) is 5.02 Å². The van der Waals surface area contributed by atoms with Gasteiger partial charge in [-0.25, -0.2) is 0 Å². The number of aromatic nitrogens is 2. The lowest BCUT2D eigenvalue weighted by atomic mass is 9.79. The second kappa shape index (κ2) is 6.12. The van der Waals surface area contributed by atoms with E-state index in [2.05, 4.69) is 39.8 Å². The number of nitrogens with zero attached hydrogens (tertiary/aromatic N) is 2. The van der Waals surface area contributed by atoms with Gasteiger partial charge in [0.25, 0.3) is 0 Å². The van der Waals surface area contributed by atoms with Crippen LogP contribution in [0.25, 0.3) is 10.9 Å². The molecule has 2 heterocycles. The third kappa shape index (κ3) is 3.15. The molecule has 0 radical (unpaired) electrons. The molecule has 0 amide bonds. The summed E-state index contributed by atoms with van der Waals surface area (Å²) in [5, 5.41) is 6.53. The standard InChI is InChI=1S/C20H22BClN2O2/c1-19(2)20(3,4)26-21(25-19)16-9-8-15-13-24(23-18(15)11-16)12-14-6-5-7-17(22)10-14/h5-11,13H,12H2,1-4H3. The van der Waals surface area contributed by atoms with E-state index < -0.39 is 0 Å². The molecule has 1 aromatic heterocycles. The average Bonchev–Trinajstić information content (AvgIpc) is 3.03. The third-order valence-corrected chi connectivity index (χ3v) is 5.57. The summed E-state index contributed by atoms with van der Waals surface area (Å²) in [7, 11) is -0.373. The van der Waals surface area contributed by atoms with Crippen molar-refractivity contribution in [2.24, 2.45) is 0 Å². The number of hydrogen-bond donors (Lipinski definition) is 0. The maximum atomic E-state index is 6.14. The molecule has 4 rings (SSSR count). The molecule has 0 saturated carbocycles. The molecule has 4 nitrogen and oxygen atoms in total. The molecule has 0 aliphatic carbocycles. The van der Waals surface area contributed by atoms with E-state index in [0.29, 0.717) is 6.54 Å². The van der Waals surface area contributed by atoms with Gasteiger partial charge in [0, 0.05) is 16.6 Å². The van der Waals surface area contributed by atoms with E-state index in [9.17, 15) is 0 Å². The van der Waals surface area contributed by atoms with Gasteiger partial charge in [0.1, 0.15) is 0 Å². The number of halogens is 1. The first-order chi connectivity index (χ1) is 12.2. The summed E-state index contributed by atoms with van der Waals surface area (Å²) in [5.41, 5.74) is 2.34. The van der Waals surface area contributed by atoms with Crippen molar-refractivity contribution in [2.45, 2.75) is 45.4 Å². The molecule has 26 heavy (non-hydrogen) atoms. The summed E-state index contributed by atoms with van der Waals surface area (Å²) >= 11 is 6.07. The van der Waals surface area contributed by atoms with Crippen molar-refractivity contribution in [3.63, 3.8) is 0 Å². The fraction of sp³-hybridized carbons (Fsp3) is 0.350. The lowest BCUT2D eigenvalue weighted by Crippen LogP contribution is -2.41. The van der Waals surface area contributed by atoms with Crippen molar-refractivity contribution in [3.05, 3.63) is 59.2 Å². The Kier molecular flexibility index (Phi) is 4.14. The molecule has 1 aliphatic heterocycles. The van der Waals surface area contributed by atoms with Crippen LogP contribution in [0.4, 0.5) is 0 Å². The number of benzene rings is 2. The SMILES string of the molecule is CC1(C)OB(c2ccc3cn(Cc4cccc(Cl)c4)nc3c2)OC1(C)C. The Morgan fingerprint density at radius 3 is 2.46 bits per heavy atom. The summed E-state index contributed by atoms with van der Waals surface area (Å²) in [6, 6.07) is 14.0. The highest BCUT2D eigenvalue weighted by atomic mass is 35.5. The van der Waals surface area contributed by atoms with Gasteiger partial charge in [0.15, 0.2) is 0 Å². The zero-order valence-corrected chi connectivity index (χ0v) is 16.2. The fourth-order valence-corrected chi connectivity index (χ4v) is 3.33. The van der Waals surface area contributed by atoms with Crippen molar-refractivity contribution in [1.82, 2.24) is 9.78 Å². The topological polar surface area (TPSA) is 36.3 Å². The van der Waals surface area contributed by atoms with Gasteiger partial charge in [-0.05, 0) is 56.9 Å². The molecule has 1 saturated heterocycles. The number of rotatable bonds is 3. The summed E-state index contributed by atoms with van der Waals surface area (Å²) < 4.78 is 14.2. The van der Waals surface area contributed by atoms with Crippen LogP contribution in [0, 0.1) is 0 Å². The second-order valence-corrected chi connectivity index (χ2v) is 8.30. The molecule has 0 N–H and O–H groups in total. The Bertz CT molecular complexity index is 951. The predicted molar refractivity (Wildman–Crippen MR) is 106 cm³/mol. The highest BCUT2D eigenvalue weighted by Gasteiger charge is 2.51. The molecule has 0 unspecified atom stereocenters. The van der Waals surface area contributed by atoms with Crippen LogP contribution in [-0.2, 0) is 15.9 Å². The van der Waals surface area contributed by atoms with E-state index in [0.717, 1.165) is 27.0 Å². The zero-order valence-electron chi connectivity index (χ0n) is 15.5. The smallest absolute Gasteiger partial charge is 0.399 e. The average molecular weight is 369 g/mol. The van der Waals surface area contributed by atoms with E-state index in [1.807, 2.05) is 41.2 Å². The minimum absolute atomic E-state index is 0.349. The minimum Gasteiger partial charge on any atom is -0.399 e. The fourth-order valence-electron chi connectivity index (χ4n) is 3.11. The number of fused-ring (bicyclic) bond motifs is 1. The minimum atomic E-state index is -0.373. The molecule has 0 spiro atoms. The van der Waals surface area contributed by atoms with Crippen LogP contribution < -0.4 is 5.46 Å². The molecule has 6 heteroatoms. The largest absolute Gasteiger partial charge is 0.494 e. The highest BCUT2D eigenvalue weighted by molar-refractivity contribution is 6.62. The quantitative estimate of drug-likeness (QED) is 0.655. The van der Waals surface area contributed by atoms with Gasteiger partial charge in [0.05, 0.1) is 23.3 Å². The van der Waals surface area contributed by atoms with Gasteiger partial charge < -0.3 is 9.31 Å². The van der Waals surface area contributed by atoms with Crippen molar-refractivity contribution < 1.29 is 9.31 Å². The first-order valence-electron chi connectivity index (χ1n) is 8.81. The third-order valence-electron chi connectivity index (χ3n) is 5.34. The highest BCUT2D eigenvalue weighted by Crippen LogP contribution is 2.36. The van der Waals surface area contributed by atoms with E-state index in [1.165, 1.54) is 0 Å². The van der Waals surface area contributed by atoms with Crippen molar-refractivity contribution in [2.75, 3.05) is 0 Å². The van der Waals surface area contributed by atoms with Gasteiger partial charge in [-0.2, -0.15) is 5.10 Å². The van der Waals surface area contributed by atoms with Crippen LogP contribution in [-0.4, -0.2) is 28.1 Å². The lowest BCUT2D eigenvalue weighted by molar-refractivity contribution is 0.00578. The first-order valence-corrected chi connectivity index (χ1v) is 9.18. The van der Waals surface area contributed by atoms with Gasteiger partial charge in [-0.15, -0.1) is 0 Å². The van der Waals surface area contributed by atoms with E-state index in [-0.39, 0.29) is 18.3 Å². The lowest BCUT2D eigenvalue weighted by Gasteiger charge is -2.32. The van der Waals surface area contributed by atoms with Crippen molar-refractivity contribution in [1.29, 1.82) is 0 Å². The first kappa shape index (κ1) is 17.6. The second-order valence-electron chi connectivity index (χ2n) is 7.86. The molecule has 1 aliphatic rings. The van der Waals surface area contributed by atoms with Crippen molar-refractivity contribution in [3.8, 4) is 0 Å². The Balaban J connectivity index is 1.60. The molecule has 0 bridgehead atoms. The summed E-state index contributed by atoms with van der Waals surface area (Å²) in [4.78, 5) is 0. The molecular formula is C20H22BClN2O2. The molecule has 1 fully saturated rings. The maximum Gasteiger partial charge on any atom is 0.494 e. The Morgan fingerprint density at radius 1 is 1.04 bits per heavy atom. The van der Waals surface area contributed by atoms with Crippen molar-refractivity contribution >= 4 is 35.1 Å². The Morgan fingerprint density at radius 2 is 1.77 bits per heavy atom. The van der Waals surface area contributed by atoms with Crippen LogP contribution in [0.3, 0.4) is 0 Å². The van der Waals surface area contributed by atoms with Crippen LogP contribution in [0.5, 0.6) is 0 Å². The monoisotopic (exact) mass is 368 g/mol. The van der Waals surface area contributed by atoms with Crippen LogP contribution >= 0.6 is 11.6 Å². The zero-order chi connectivity index (χ0) is 18.5. The summed E-state index contributed by atoms with van der Waals surface area (Å²) in [6.45, 7) is 8.92. The molecule has 0 atom stereocenters. The molecule has 3 aromatic rings. The van der Waals surface area contributed by atoms with E-state index in [4.69, 9.17) is 26.0 Å². The summed E-state index contributed by atoms with van der Waals surface area (Å²) in [5.74, 6) is 0. The van der Waals surface area contributed by atoms with Gasteiger partial charge in [0.2, 0.25) is 0 Å². The Labute approximate surface area is 159 Å². The number of hydrogen-bond acceptors (Lipinski definition) is 3.